The second-order valence-electron chi connectivity index (χ2n) is 3.41. The van der Waals surface area contributed by atoms with Gasteiger partial charge in [-0.1, -0.05) is 0 Å². The molecule has 0 aliphatic carbocycles. The molecule has 1 rings (SSSR count). The molecule has 0 spiro atoms. The highest BCUT2D eigenvalue weighted by atomic mass is 16.3. The van der Waals surface area contributed by atoms with E-state index in [-0.39, 0.29) is 11.9 Å². The van der Waals surface area contributed by atoms with Crippen LogP contribution in [-0.2, 0) is 11.3 Å². The molecular weight excluding hydrogens is 180 g/mol. The molecule has 1 aromatic rings. The maximum atomic E-state index is 11.2. The molecule has 0 radical (unpaired) electrons. The largest absolute Gasteiger partial charge is 0.468 e. The first-order valence-electron chi connectivity index (χ1n) is 4.71. The maximum Gasteiger partial charge on any atom is 0.234 e. The number of carbonyl (C=O) groups is 1. The van der Waals surface area contributed by atoms with Crippen LogP contribution in [0.1, 0.15) is 19.6 Å². The summed E-state index contributed by atoms with van der Waals surface area (Å²) in [4.78, 5) is 11.2. The van der Waals surface area contributed by atoms with Crippen molar-refractivity contribution in [2.45, 2.75) is 26.4 Å². The summed E-state index contributed by atoms with van der Waals surface area (Å²) in [6.45, 7) is 4.77. The van der Waals surface area contributed by atoms with Gasteiger partial charge in [0.15, 0.2) is 0 Å². The number of carbonyl (C=O) groups excluding carboxylic acids is 1. The van der Waals surface area contributed by atoms with Gasteiger partial charge >= 0.3 is 0 Å². The predicted octanol–water partition coefficient (Wildman–Crippen LogP) is 0.894. The zero-order valence-corrected chi connectivity index (χ0v) is 8.54. The molecule has 4 nitrogen and oxygen atoms in total. The van der Waals surface area contributed by atoms with Crippen LogP contribution in [0.5, 0.6) is 0 Å². The SMILES string of the molecule is CC(C)NC(=O)CNCc1ccco1. The molecule has 0 bridgehead atoms. The molecule has 0 saturated carbocycles. The van der Waals surface area contributed by atoms with Crippen molar-refractivity contribution >= 4 is 5.91 Å². The summed E-state index contributed by atoms with van der Waals surface area (Å²) in [6, 6.07) is 3.88. The minimum atomic E-state index is 0.00607. The highest BCUT2D eigenvalue weighted by Gasteiger charge is 2.02. The number of hydrogen-bond donors (Lipinski definition) is 2. The van der Waals surface area contributed by atoms with Crippen molar-refractivity contribution in [1.29, 1.82) is 0 Å². The summed E-state index contributed by atoms with van der Waals surface area (Å²) in [5.41, 5.74) is 0. The van der Waals surface area contributed by atoms with E-state index in [9.17, 15) is 4.79 Å². The first-order valence-corrected chi connectivity index (χ1v) is 4.71. The Balaban J connectivity index is 2.12. The predicted molar refractivity (Wildman–Crippen MR) is 53.7 cm³/mol. The Morgan fingerprint density at radius 2 is 2.36 bits per heavy atom. The Morgan fingerprint density at radius 1 is 1.57 bits per heavy atom. The van der Waals surface area contributed by atoms with Crippen molar-refractivity contribution in [3.63, 3.8) is 0 Å². The van der Waals surface area contributed by atoms with E-state index in [0.717, 1.165) is 5.76 Å². The monoisotopic (exact) mass is 196 g/mol. The van der Waals surface area contributed by atoms with E-state index < -0.39 is 0 Å². The molecule has 0 aliphatic heterocycles. The maximum absolute atomic E-state index is 11.2. The molecule has 0 unspecified atom stereocenters. The Hall–Kier alpha value is -1.29. The van der Waals surface area contributed by atoms with E-state index in [1.54, 1.807) is 6.26 Å². The molecule has 0 atom stereocenters. The third-order valence-corrected chi connectivity index (χ3v) is 1.61. The van der Waals surface area contributed by atoms with Crippen molar-refractivity contribution < 1.29 is 9.21 Å². The highest BCUT2D eigenvalue weighted by molar-refractivity contribution is 5.78. The summed E-state index contributed by atoms with van der Waals surface area (Å²) in [7, 11) is 0. The van der Waals surface area contributed by atoms with E-state index in [1.165, 1.54) is 0 Å². The van der Waals surface area contributed by atoms with Crippen LogP contribution in [-0.4, -0.2) is 18.5 Å². The lowest BCUT2D eigenvalue weighted by molar-refractivity contribution is -0.120. The molecular formula is C10H16N2O2. The standard InChI is InChI=1S/C10H16N2O2/c1-8(2)12-10(13)7-11-6-9-4-3-5-14-9/h3-5,8,11H,6-7H2,1-2H3,(H,12,13). The van der Waals surface area contributed by atoms with Crippen molar-refractivity contribution in [3.8, 4) is 0 Å². The van der Waals surface area contributed by atoms with Gasteiger partial charge < -0.3 is 15.1 Å². The number of amides is 1. The summed E-state index contributed by atoms with van der Waals surface area (Å²) in [5, 5.41) is 5.78. The lowest BCUT2D eigenvalue weighted by Crippen LogP contribution is -2.37. The number of rotatable bonds is 5. The third-order valence-electron chi connectivity index (χ3n) is 1.61. The van der Waals surface area contributed by atoms with Crippen LogP contribution in [0.2, 0.25) is 0 Å². The molecule has 0 aromatic carbocycles. The smallest absolute Gasteiger partial charge is 0.234 e. The molecule has 0 aliphatic rings. The van der Waals surface area contributed by atoms with Gasteiger partial charge in [-0.3, -0.25) is 4.79 Å². The van der Waals surface area contributed by atoms with E-state index in [2.05, 4.69) is 10.6 Å². The molecule has 1 heterocycles. The fourth-order valence-electron chi connectivity index (χ4n) is 1.09. The number of nitrogens with one attached hydrogen (secondary N) is 2. The van der Waals surface area contributed by atoms with E-state index in [0.29, 0.717) is 13.1 Å². The first kappa shape index (κ1) is 10.8. The van der Waals surface area contributed by atoms with Gasteiger partial charge in [0.25, 0.3) is 0 Å². The van der Waals surface area contributed by atoms with Crippen LogP contribution < -0.4 is 10.6 Å². The van der Waals surface area contributed by atoms with Gasteiger partial charge in [-0.15, -0.1) is 0 Å². The van der Waals surface area contributed by atoms with Gasteiger partial charge in [-0.25, -0.2) is 0 Å². The molecule has 0 saturated heterocycles. The topological polar surface area (TPSA) is 54.3 Å². The fraction of sp³-hybridized carbons (Fsp3) is 0.500. The third kappa shape index (κ3) is 4.09. The minimum absolute atomic E-state index is 0.00607. The zero-order valence-electron chi connectivity index (χ0n) is 8.54. The molecule has 14 heavy (non-hydrogen) atoms. The Morgan fingerprint density at radius 3 is 2.93 bits per heavy atom. The summed E-state index contributed by atoms with van der Waals surface area (Å²) in [5.74, 6) is 0.842. The fourth-order valence-corrected chi connectivity index (χ4v) is 1.09. The second-order valence-corrected chi connectivity index (χ2v) is 3.41. The quantitative estimate of drug-likeness (QED) is 0.735. The van der Waals surface area contributed by atoms with Crippen LogP contribution in [0.3, 0.4) is 0 Å². The number of hydrogen-bond acceptors (Lipinski definition) is 3. The van der Waals surface area contributed by atoms with Crippen LogP contribution in [0.25, 0.3) is 0 Å². The average Bonchev–Trinajstić information content (AvgIpc) is 2.55. The summed E-state index contributed by atoms with van der Waals surface area (Å²) >= 11 is 0. The Labute approximate surface area is 83.7 Å². The molecule has 1 amide bonds. The molecule has 78 valence electrons. The van der Waals surface area contributed by atoms with Crippen molar-refractivity contribution in [3.05, 3.63) is 24.2 Å². The van der Waals surface area contributed by atoms with Gasteiger partial charge in [-0.2, -0.15) is 0 Å². The van der Waals surface area contributed by atoms with Gasteiger partial charge in [0, 0.05) is 6.04 Å². The van der Waals surface area contributed by atoms with Gasteiger partial charge in [-0.05, 0) is 26.0 Å². The summed E-state index contributed by atoms with van der Waals surface area (Å²) < 4.78 is 5.10. The molecule has 0 fully saturated rings. The van der Waals surface area contributed by atoms with Crippen molar-refractivity contribution in [1.82, 2.24) is 10.6 Å². The zero-order chi connectivity index (χ0) is 10.4. The summed E-state index contributed by atoms with van der Waals surface area (Å²) in [6.07, 6.45) is 1.62. The normalized spacial score (nSPS) is 10.5. The van der Waals surface area contributed by atoms with Crippen LogP contribution in [0.15, 0.2) is 22.8 Å². The Bertz CT molecular complexity index is 268. The van der Waals surface area contributed by atoms with Gasteiger partial charge in [0.05, 0.1) is 19.4 Å². The number of furan rings is 1. The molecule has 4 heteroatoms. The minimum Gasteiger partial charge on any atom is -0.468 e. The molecule has 2 N–H and O–H groups in total. The van der Waals surface area contributed by atoms with E-state index in [4.69, 9.17) is 4.42 Å². The Kier molecular flexibility index (Phi) is 4.19. The highest BCUT2D eigenvalue weighted by Crippen LogP contribution is 1.97. The van der Waals surface area contributed by atoms with Crippen LogP contribution in [0, 0.1) is 0 Å². The van der Waals surface area contributed by atoms with Crippen molar-refractivity contribution in [2.75, 3.05) is 6.54 Å². The van der Waals surface area contributed by atoms with Gasteiger partial charge in [0.1, 0.15) is 5.76 Å². The van der Waals surface area contributed by atoms with Crippen LogP contribution in [0.4, 0.5) is 0 Å². The lowest BCUT2D eigenvalue weighted by Gasteiger charge is -2.08. The average molecular weight is 196 g/mol. The van der Waals surface area contributed by atoms with E-state index in [1.807, 2.05) is 26.0 Å². The second kappa shape index (κ2) is 5.44. The molecule has 1 aromatic heterocycles. The lowest BCUT2D eigenvalue weighted by atomic mass is 10.4. The van der Waals surface area contributed by atoms with Crippen molar-refractivity contribution in [2.24, 2.45) is 0 Å². The van der Waals surface area contributed by atoms with Gasteiger partial charge in [0.2, 0.25) is 5.91 Å². The first-order chi connectivity index (χ1) is 6.68. The van der Waals surface area contributed by atoms with Crippen LogP contribution >= 0.6 is 0 Å². The van der Waals surface area contributed by atoms with E-state index >= 15 is 0 Å².